The zero-order valence-electron chi connectivity index (χ0n) is 9.13. The zero-order valence-corrected chi connectivity index (χ0v) is 9.94. The van der Waals surface area contributed by atoms with Gasteiger partial charge in [0.15, 0.2) is 0 Å². The van der Waals surface area contributed by atoms with Gasteiger partial charge < -0.3 is 10.5 Å². The second-order valence-electron chi connectivity index (χ2n) is 4.06. The van der Waals surface area contributed by atoms with Gasteiger partial charge in [-0.25, -0.2) is 0 Å². The summed E-state index contributed by atoms with van der Waals surface area (Å²) >= 11 is 0.474. The van der Waals surface area contributed by atoms with E-state index in [1.807, 2.05) is 0 Å². The van der Waals surface area contributed by atoms with Crippen molar-refractivity contribution in [1.82, 2.24) is 0 Å². The Labute approximate surface area is 92.7 Å². The molecule has 0 aromatic rings. The van der Waals surface area contributed by atoms with Crippen molar-refractivity contribution >= 4 is 17.7 Å². The minimum absolute atomic E-state index is 0.151. The van der Waals surface area contributed by atoms with Gasteiger partial charge in [-0.1, -0.05) is 11.8 Å². The molecule has 2 N–H and O–H groups in total. The highest BCUT2D eigenvalue weighted by atomic mass is 32.2. The number of ether oxygens (including phenoxy) is 1. The maximum Gasteiger partial charge on any atom is 0.323 e. The van der Waals surface area contributed by atoms with Crippen molar-refractivity contribution in [2.75, 3.05) is 5.75 Å². The van der Waals surface area contributed by atoms with E-state index in [0.29, 0.717) is 11.8 Å². The van der Waals surface area contributed by atoms with Crippen LogP contribution in [0, 0.1) is 0 Å². The highest BCUT2D eigenvalue weighted by molar-refractivity contribution is 7.99. The van der Waals surface area contributed by atoms with Gasteiger partial charge in [0.25, 0.3) is 5.76 Å². The van der Waals surface area contributed by atoms with E-state index in [0.717, 1.165) is 0 Å². The lowest BCUT2D eigenvalue weighted by atomic mass is 10.2. The summed E-state index contributed by atoms with van der Waals surface area (Å²) in [5.74, 6) is -2.81. The minimum atomic E-state index is -2.42. The fourth-order valence-corrected chi connectivity index (χ4v) is 1.35. The van der Waals surface area contributed by atoms with Crippen LogP contribution in [0.4, 0.5) is 8.78 Å². The molecule has 0 aliphatic carbocycles. The third kappa shape index (κ3) is 8.62. The van der Waals surface area contributed by atoms with E-state index in [1.54, 1.807) is 20.8 Å². The van der Waals surface area contributed by atoms with Crippen molar-refractivity contribution in [3.63, 3.8) is 0 Å². The van der Waals surface area contributed by atoms with E-state index < -0.39 is 23.4 Å². The maximum absolute atomic E-state index is 11.8. The molecule has 0 rings (SSSR count). The van der Waals surface area contributed by atoms with E-state index >= 15 is 0 Å². The highest BCUT2D eigenvalue weighted by Crippen LogP contribution is 2.16. The lowest BCUT2D eigenvalue weighted by molar-refractivity contribution is -0.156. The van der Waals surface area contributed by atoms with Crippen molar-refractivity contribution in [3.8, 4) is 0 Å². The van der Waals surface area contributed by atoms with Crippen LogP contribution in [0.3, 0.4) is 0 Å². The predicted molar refractivity (Wildman–Crippen MR) is 56.9 cm³/mol. The normalized spacial score (nSPS) is 14.1. The molecule has 90 valence electrons. The van der Waals surface area contributed by atoms with Crippen LogP contribution in [-0.2, 0) is 9.53 Å². The van der Waals surface area contributed by atoms with Crippen molar-refractivity contribution in [1.29, 1.82) is 0 Å². The molecule has 0 aromatic carbocycles. The molecule has 15 heavy (non-hydrogen) atoms. The highest BCUT2D eigenvalue weighted by Gasteiger charge is 2.22. The molecule has 0 aliphatic rings. The van der Waals surface area contributed by atoms with E-state index in [4.69, 9.17) is 10.5 Å². The Balaban J connectivity index is 3.80. The number of nitrogens with two attached hydrogens (primary N) is 1. The lowest BCUT2D eigenvalue weighted by Gasteiger charge is -2.22. The van der Waals surface area contributed by atoms with Crippen LogP contribution in [-0.4, -0.2) is 29.1 Å². The van der Waals surface area contributed by atoms with E-state index in [-0.39, 0.29) is 12.2 Å². The number of hydrogen-bond donors (Lipinski definition) is 1. The molecule has 0 fully saturated rings. The van der Waals surface area contributed by atoms with E-state index in [9.17, 15) is 13.6 Å². The molecule has 3 nitrogen and oxygen atoms in total. The molecule has 0 saturated heterocycles. The Morgan fingerprint density at radius 3 is 2.40 bits per heavy atom. The van der Waals surface area contributed by atoms with Gasteiger partial charge in [-0.15, -0.1) is 0 Å². The minimum Gasteiger partial charge on any atom is -0.459 e. The van der Waals surface area contributed by atoms with Gasteiger partial charge in [0.2, 0.25) is 0 Å². The van der Waals surface area contributed by atoms with Gasteiger partial charge in [-0.05, 0) is 27.2 Å². The molecule has 0 bridgehead atoms. The van der Waals surface area contributed by atoms with Crippen LogP contribution in [0.25, 0.3) is 0 Å². The number of alkyl halides is 2. The molecule has 0 spiro atoms. The Morgan fingerprint density at radius 2 is 2.00 bits per heavy atom. The third-order valence-corrected chi connectivity index (χ3v) is 2.11. The van der Waals surface area contributed by atoms with Crippen molar-refractivity contribution in [2.45, 2.75) is 44.6 Å². The molecule has 0 unspecified atom stereocenters. The number of halogens is 2. The summed E-state index contributed by atoms with van der Waals surface area (Å²) in [7, 11) is 0. The van der Waals surface area contributed by atoms with Crippen LogP contribution in [0.1, 0.15) is 27.2 Å². The molecule has 0 amide bonds. The number of carbonyl (C=O) groups is 1. The Hall–Kier alpha value is -0.360. The summed E-state index contributed by atoms with van der Waals surface area (Å²) < 4.78 is 28.5. The predicted octanol–water partition coefficient (Wildman–Crippen LogP) is 2.00. The number of rotatable bonds is 5. The first-order valence-corrected chi connectivity index (χ1v) is 5.65. The molecule has 0 aliphatic heterocycles. The van der Waals surface area contributed by atoms with Crippen molar-refractivity contribution in [2.24, 2.45) is 5.73 Å². The Morgan fingerprint density at radius 1 is 1.47 bits per heavy atom. The smallest absolute Gasteiger partial charge is 0.323 e. The van der Waals surface area contributed by atoms with Crippen molar-refractivity contribution < 1.29 is 18.3 Å². The first kappa shape index (κ1) is 14.6. The van der Waals surface area contributed by atoms with Gasteiger partial charge >= 0.3 is 5.97 Å². The molecule has 6 heteroatoms. The number of carbonyl (C=O) groups excluding carboxylic acids is 1. The second-order valence-corrected chi connectivity index (χ2v) is 5.16. The molecule has 1 atom stereocenters. The molecular weight excluding hydrogens is 224 g/mol. The average Bonchev–Trinajstić information content (AvgIpc) is 1.99. The van der Waals surface area contributed by atoms with Gasteiger partial charge in [-0.3, -0.25) is 4.79 Å². The second kappa shape index (κ2) is 6.27. The first-order chi connectivity index (χ1) is 6.72. The van der Waals surface area contributed by atoms with E-state index in [1.165, 1.54) is 0 Å². The average molecular weight is 241 g/mol. The summed E-state index contributed by atoms with van der Waals surface area (Å²) in [5, 5.41) is 0. The summed E-state index contributed by atoms with van der Waals surface area (Å²) in [4.78, 5) is 11.3. The van der Waals surface area contributed by atoms with Crippen LogP contribution in [0.15, 0.2) is 0 Å². The summed E-state index contributed by atoms with van der Waals surface area (Å²) in [6, 6.07) is -0.824. The van der Waals surface area contributed by atoms with Crippen LogP contribution in [0.5, 0.6) is 0 Å². The largest absolute Gasteiger partial charge is 0.459 e. The molecular formula is C9H17F2NO2S. The Bertz CT molecular complexity index is 207. The van der Waals surface area contributed by atoms with Crippen LogP contribution in [0.2, 0.25) is 0 Å². The van der Waals surface area contributed by atoms with Gasteiger partial charge in [0.1, 0.15) is 11.6 Å². The number of esters is 1. The summed E-state index contributed by atoms with van der Waals surface area (Å²) in [6.45, 7) is 5.18. The van der Waals surface area contributed by atoms with Gasteiger partial charge in [0.05, 0.1) is 0 Å². The maximum atomic E-state index is 11.8. The number of thioether (sulfide) groups is 1. The molecule has 0 heterocycles. The quantitative estimate of drug-likeness (QED) is 0.748. The molecule has 0 aromatic heterocycles. The van der Waals surface area contributed by atoms with Gasteiger partial charge in [-0.2, -0.15) is 8.78 Å². The monoisotopic (exact) mass is 241 g/mol. The standard InChI is InChI=1S/C9H17F2NO2S/c1-9(2,3)14-7(13)6(12)4-5-15-8(10)11/h6,8H,4-5,12H2,1-3H3/t6-/m0/s1. The number of hydrogen-bond acceptors (Lipinski definition) is 4. The fraction of sp³-hybridized carbons (Fsp3) is 0.889. The Kier molecular flexibility index (Phi) is 6.12. The molecule has 0 saturated carbocycles. The topological polar surface area (TPSA) is 52.3 Å². The van der Waals surface area contributed by atoms with Crippen LogP contribution < -0.4 is 5.73 Å². The fourth-order valence-electron chi connectivity index (χ4n) is 0.779. The lowest BCUT2D eigenvalue weighted by Crippen LogP contribution is -2.37. The zero-order chi connectivity index (χ0) is 12.1. The summed E-state index contributed by atoms with van der Waals surface area (Å²) in [5.41, 5.74) is 4.89. The summed E-state index contributed by atoms with van der Waals surface area (Å²) in [6.07, 6.45) is 0.198. The molecule has 0 radical (unpaired) electrons. The van der Waals surface area contributed by atoms with E-state index in [2.05, 4.69) is 0 Å². The van der Waals surface area contributed by atoms with Crippen LogP contribution >= 0.6 is 11.8 Å². The first-order valence-electron chi connectivity index (χ1n) is 4.60. The van der Waals surface area contributed by atoms with Crippen molar-refractivity contribution in [3.05, 3.63) is 0 Å². The SMILES string of the molecule is CC(C)(C)OC(=O)[C@@H](N)CCSC(F)F. The third-order valence-electron chi connectivity index (χ3n) is 1.38. The van der Waals surface area contributed by atoms with Gasteiger partial charge in [0, 0.05) is 5.75 Å².